The molecular weight excluding hydrogens is 392 g/mol. The van der Waals surface area contributed by atoms with Gasteiger partial charge in [-0.1, -0.05) is 54.5 Å². The van der Waals surface area contributed by atoms with Gasteiger partial charge in [-0.25, -0.2) is 4.98 Å². The van der Waals surface area contributed by atoms with E-state index in [0.717, 1.165) is 60.8 Å². The molecule has 0 saturated heterocycles. The lowest BCUT2D eigenvalue weighted by molar-refractivity contribution is 0.110. The molecule has 4 rings (SSSR count). The van der Waals surface area contributed by atoms with Crippen LogP contribution in [0.5, 0.6) is 0 Å². The predicted molar refractivity (Wildman–Crippen MR) is 128 cm³/mol. The van der Waals surface area contributed by atoms with Gasteiger partial charge in [-0.05, 0) is 49.6 Å². The number of anilines is 1. The van der Waals surface area contributed by atoms with Gasteiger partial charge in [0.05, 0.1) is 6.10 Å². The van der Waals surface area contributed by atoms with Crippen molar-refractivity contribution in [1.82, 2.24) is 19.6 Å². The van der Waals surface area contributed by atoms with E-state index in [-0.39, 0.29) is 13.0 Å². The maximum atomic E-state index is 9.94. The van der Waals surface area contributed by atoms with Gasteiger partial charge in [0.2, 0.25) is 5.95 Å². The Labute approximate surface area is 184 Å². The number of thioether (sulfide) groups is 1. The van der Waals surface area contributed by atoms with Crippen molar-refractivity contribution < 1.29 is 5.11 Å². The smallest absolute Gasteiger partial charge is 0.259 e. The summed E-state index contributed by atoms with van der Waals surface area (Å²) in [4.78, 5) is 12.0. The van der Waals surface area contributed by atoms with Crippen LogP contribution in [0.1, 0.15) is 31.2 Å². The molecule has 30 heavy (non-hydrogen) atoms. The third-order valence-electron chi connectivity index (χ3n) is 6.12. The Morgan fingerprint density at radius 1 is 1.20 bits per heavy atom. The molecule has 1 aliphatic carbocycles. The van der Waals surface area contributed by atoms with Gasteiger partial charge in [-0.3, -0.25) is 0 Å². The topological polar surface area (TPSA) is 66.5 Å². The highest BCUT2D eigenvalue weighted by Crippen LogP contribution is 2.28. The van der Waals surface area contributed by atoms with Crippen LogP contribution in [-0.4, -0.2) is 58.3 Å². The Morgan fingerprint density at radius 2 is 1.93 bits per heavy atom. The number of hydrogen-bond acceptors (Lipinski definition) is 6. The summed E-state index contributed by atoms with van der Waals surface area (Å²) in [7, 11) is 2.05. The zero-order valence-electron chi connectivity index (χ0n) is 18.0. The number of rotatable bonds is 7. The van der Waals surface area contributed by atoms with Gasteiger partial charge < -0.3 is 9.92 Å². The summed E-state index contributed by atoms with van der Waals surface area (Å²) >= 11 is 1.57. The molecule has 1 fully saturated rings. The molecule has 1 aliphatic rings. The largest absolute Gasteiger partial charge is 0.393 e. The lowest BCUT2D eigenvalue weighted by atomic mass is 9.57. The van der Waals surface area contributed by atoms with Crippen molar-refractivity contribution in [2.24, 2.45) is 5.92 Å². The molecule has 3 aromatic rings. The average molecular weight is 421 g/mol. The van der Waals surface area contributed by atoms with Crippen molar-refractivity contribution in [2.45, 2.75) is 50.1 Å². The second-order valence-electron chi connectivity index (χ2n) is 8.44. The van der Waals surface area contributed by atoms with Crippen molar-refractivity contribution in [2.75, 3.05) is 17.6 Å². The Balaban J connectivity index is 1.70. The molecule has 156 valence electrons. The molecule has 6 nitrogen and oxygen atoms in total. The van der Waals surface area contributed by atoms with E-state index in [1.807, 2.05) is 24.8 Å². The zero-order valence-corrected chi connectivity index (χ0v) is 18.8. The number of fused-ring (bicyclic) bond motifs is 1. The van der Waals surface area contributed by atoms with Crippen LogP contribution < -0.4 is 10.3 Å². The van der Waals surface area contributed by atoms with Crippen LogP contribution in [0.3, 0.4) is 0 Å². The minimum Gasteiger partial charge on any atom is -0.393 e. The first kappa shape index (κ1) is 21.2. The minimum absolute atomic E-state index is 0.140. The Kier molecular flexibility index (Phi) is 6.68. The molecule has 0 amide bonds. The molecule has 0 bridgehead atoms. The molecule has 1 N–H and O–H groups in total. The van der Waals surface area contributed by atoms with Crippen LogP contribution in [0.2, 0.25) is 6.82 Å². The van der Waals surface area contributed by atoms with E-state index in [0.29, 0.717) is 5.92 Å². The normalized spacial score (nSPS) is 19.2. The first-order chi connectivity index (χ1) is 14.5. The van der Waals surface area contributed by atoms with Crippen molar-refractivity contribution in [3.8, 4) is 0 Å². The summed E-state index contributed by atoms with van der Waals surface area (Å²) in [5.74, 6) is 1.41. The Hall–Kier alpha value is -1.99. The summed E-state index contributed by atoms with van der Waals surface area (Å²) in [6.07, 6.45) is 8.57. The highest BCUT2D eigenvalue weighted by molar-refractivity contribution is 7.98. The van der Waals surface area contributed by atoms with Crippen LogP contribution in [0, 0.1) is 5.92 Å². The third-order valence-corrected chi connectivity index (χ3v) is 6.67. The fourth-order valence-electron chi connectivity index (χ4n) is 4.36. The maximum absolute atomic E-state index is 9.94. The van der Waals surface area contributed by atoms with Gasteiger partial charge in [-0.15, -0.1) is 0 Å². The van der Waals surface area contributed by atoms with Gasteiger partial charge in [-0.2, -0.15) is 14.6 Å². The number of hydrogen-bond donors (Lipinski definition) is 1. The van der Waals surface area contributed by atoms with Crippen LogP contribution in [0.4, 0.5) is 5.95 Å². The van der Waals surface area contributed by atoms with E-state index in [1.54, 1.807) is 11.8 Å². The van der Waals surface area contributed by atoms with E-state index in [2.05, 4.69) is 52.0 Å². The molecule has 2 heterocycles. The second kappa shape index (κ2) is 9.43. The first-order valence-electron chi connectivity index (χ1n) is 10.8. The van der Waals surface area contributed by atoms with Gasteiger partial charge in [0.25, 0.3) is 6.85 Å². The average Bonchev–Trinajstić information content (AvgIpc) is 3.14. The molecule has 0 aliphatic heterocycles. The molecule has 1 saturated carbocycles. The number of benzene rings is 1. The maximum Gasteiger partial charge on any atom is 0.259 e. The van der Waals surface area contributed by atoms with Crippen LogP contribution in [0.25, 0.3) is 5.65 Å². The first-order valence-corrected chi connectivity index (χ1v) is 12.0. The van der Waals surface area contributed by atoms with E-state index < -0.39 is 0 Å². The lowest BCUT2D eigenvalue weighted by Gasteiger charge is -2.35. The molecule has 2 aromatic heterocycles. The molecule has 9 heteroatoms. The monoisotopic (exact) mass is 421 g/mol. The van der Waals surface area contributed by atoms with Crippen LogP contribution in [-0.2, 0) is 6.32 Å². The summed E-state index contributed by atoms with van der Waals surface area (Å²) in [5.41, 5.74) is 3.26. The molecule has 0 spiro atoms. The lowest BCUT2D eigenvalue weighted by Crippen LogP contribution is -2.45. The summed E-state index contributed by atoms with van der Waals surface area (Å²) in [6.45, 7) is 3.45. The van der Waals surface area contributed by atoms with Crippen molar-refractivity contribution in [3.05, 3.63) is 42.1 Å². The number of nitrogens with zero attached hydrogens (tertiary/aromatic N) is 5. The fraction of sp³-hybridized carbons (Fsp3) is 0.476. The highest BCUT2D eigenvalue weighted by atomic mass is 32.2. The van der Waals surface area contributed by atoms with E-state index >= 15 is 0 Å². The van der Waals surface area contributed by atoms with E-state index in [4.69, 9.17) is 4.98 Å². The van der Waals surface area contributed by atoms with Gasteiger partial charge in [0.1, 0.15) is 7.85 Å². The molecule has 1 aromatic carbocycles. The number of aliphatic hydroxyl groups is 1. The van der Waals surface area contributed by atoms with Crippen LogP contribution in [0.15, 0.2) is 41.7 Å². The van der Waals surface area contributed by atoms with Gasteiger partial charge >= 0.3 is 0 Å². The quantitative estimate of drug-likeness (QED) is 0.464. The Morgan fingerprint density at radius 3 is 2.63 bits per heavy atom. The van der Waals surface area contributed by atoms with Gasteiger partial charge in [0, 0.05) is 12.7 Å². The van der Waals surface area contributed by atoms with Crippen molar-refractivity contribution in [3.63, 3.8) is 0 Å². The van der Waals surface area contributed by atoms with Crippen molar-refractivity contribution in [1.29, 1.82) is 0 Å². The highest BCUT2D eigenvalue weighted by Gasteiger charge is 2.29. The van der Waals surface area contributed by atoms with Gasteiger partial charge in [0.15, 0.2) is 10.8 Å². The minimum atomic E-state index is -0.140. The Bertz CT molecular complexity index is 978. The summed E-state index contributed by atoms with van der Waals surface area (Å²) in [6, 6.07) is 10.6. The number of aromatic nitrogens is 4. The molecule has 0 radical (unpaired) electrons. The third kappa shape index (κ3) is 4.67. The van der Waals surface area contributed by atoms with E-state index in [1.165, 1.54) is 5.56 Å². The second-order valence-corrected chi connectivity index (χ2v) is 9.21. The van der Waals surface area contributed by atoms with Crippen LogP contribution >= 0.6 is 11.8 Å². The summed E-state index contributed by atoms with van der Waals surface area (Å²) < 4.78 is 1.90. The molecular formula is C21H29B2N5OS. The number of aliphatic hydroxyl groups excluding tert-OH is 1. The summed E-state index contributed by atoms with van der Waals surface area (Å²) in [5, 5.41) is 15.3. The molecule has 0 unspecified atom stereocenters. The van der Waals surface area contributed by atoms with E-state index in [9.17, 15) is 5.11 Å². The fourth-order valence-corrected chi connectivity index (χ4v) is 4.71. The molecule has 0 atom stereocenters. The van der Waals surface area contributed by atoms with Crippen molar-refractivity contribution >= 4 is 43.5 Å². The predicted octanol–water partition coefficient (Wildman–Crippen LogP) is 1.87. The standard InChI is InChI=1S/C21H29B2N5OS/c1-23(12-15-6-4-3-5-7-15)27(14-16-8-10-17(29)11-9-16)21-26-20(30-2)25-19-18(22)13-24-28(19)21/h3-7,13,16-17,29H,8-12,14,22H2,1-2H3. The zero-order chi connectivity index (χ0) is 21.1. The SMILES string of the molecule is Bc1cnn2c(N(CC3CCC(O)CC3)B(C)Cc3ccccc3)nc(SC)nc12.